The van der Waals surface area contributed by atoms with Crippen molar-refractivity contribution in [2.45, 2.75) is 17.7 Å². The molecule has 0 aliphatic heterocycles. The monoisotopic (exact) mass is 282 g/mol. The molecule has 2 rings (SSSR count). The molecule has 0 aromatic carbocycles. The summed E-state index contributed by atoms with van der Waals surface area (Å²) in [6.45, 7) is 0.850. The van der Waals surface area contributed by atoms with Crippen LogP contribution in [-0.4, -0.2) is 34.2 Å². The first-order valence-electron chi connectivity index (χ1n) is 5.46. The second-order valence-corrected chi connectivity index (χ2v) is 5.65. The molecular weight excluding hydrogens is 268 g/mol. The lowest BCUT2D eigenvalue weighted by Gasteiger charge is -2.34. The van der Waals surface area contributed by atoms with Gasteiger partial charge in [-0.05, 0) is 30.9 Å². The highest BCUT2D eigenvalue weighted by Gasteiger charge is 2.28. The summed E-state index contributed by atoms with van der Waals surface area (Å²) in [5.41, 5.74) is 0.715. The molecule has 1 aromatic rings. The maximum atomic E-state index is 12.0. The quantitative estimate of drug-likeness (QED) is 0.798. The summed E-state index contributed by atoms with van der Waals surface area (Å²) in [5, 5.41) is 0. The predicted molar refractivity (Wildman–Crippen MR) is 66.6 cm³/mol. The first-order valence-corrected chi connectivity index (χ1v) is 6.38. The average Bonchev–Trinajstić information content (AvgIpc) is 2.27. The lowest BCUT2D eigenvalue weighted by molar-refractivity contribution is 0.0748. The van der Waals surface area contributed by atoms with E-state index in [1.165, 1.54) is 12.8 Å². The molecule has 4 heteroatoms. The van der Waals surface area contributed by atoms with Gasteiger partial charge in [0.15, 0.2) is 0 Å². The zero-order valence-corrected chi connectivity index (χ0v) is 10.9. The fourth-order valence-electron chi connectivity index (χ4n) is 1.99. The minimum atomic E-state index is 0.0837. The summed E-state index contributed by atoms with van der Waals surface area (Å²) in [4.78, 5) is 18.4. The zero-order chi connectivity index (χ0) is 11.5. The molecule has 0 N–H and O–H groups in total. The first kappa shape index (κ1) is 11.6. The number of hydrogen-bond acceptors (Lipinski definition) is 2. The number of carbonyl (C=O) groups excluding carboxylic acids is 1. The van der Waals surface area contributed by atoms with Crippen molar-refractivity contribution in [1.82, 2.24) is 9.88 Å². The predicted octanol–water partition coefficient (Wildman–Crippen LogP) is 2.33. The number of carbonyl (C=O) groups is 1. The zero-order valence-electron chi connectivity index (χ0n) is 9.27. The highest BCUT2D eigenvalue weighted by molar-refractivity contribution is 9.09. The SMILES string of the molecule is CN(CC1CC(Br)C1)C(=O)c1ccncc1. The summed E-state index contributed by atoms with van der Waals surface area (Å²) in [7, 11) is 1.87. The molecule has 3 nitrogen and oxygen atoms in total. The van der Waals surface area contributed by atoms with Crippen LogP contribution in [0.3, 0.4) is 0 Å². The lowest BCUT2D eigenvalue weighted by atomic mass is 9.85. The summed E-state index contributed by atoms with van der Waals surface area (Å²) in [5.74, 6) is 0.737. The number of aromatic nitrogens is 1. The van der Waals surface area contributed by atoms with Gasteiger partial charge in [0.25, 0.3) is 5.91 Å². The van der Waals surface area contributed by atoms with Crippen LogP contribution < -0.4 is 0 Å². The van der Waals surface area contributed by atoms with Gasteiger partial charge in [-0.15, -0.1) is 0 Å². The van der Waals surface area contributed by atoms with Crippen molar-refractivity contribution < 1.29 is 4.79 Å². The first-order chi connectivity index (χ1) is 7.66. The standard InChI is InChI=1S/C12H15BrN2O/c1-15(8-9-6-11(13)7-9)12(16)10-2-4-14-5-3-10/h2-5,9,11H,6-8H2,1H3. The van der Waals surface area contributed by atoms with Gasteiger partial charge in [-0.2, -0.15) is 0 Å². The van der Waals surface area contributed by atoms with Crippen LogP contribution in [0, 0.1) is 5.92 Å². The number of amides is 1. The van der Waals surface area contributed by atoms with E-state index in [-0.39, 0.29) is 5.91 Å². The van der Waals surface area contributed by atoms with Crippen LogP contribution in [0.5, 0.6) is 0 Å². The normalized spacial score (nSPS) is 23.6. The smallest absolute Gasteiger partial charge is 0.253 e. The molecule has 1 heterocycles. The van der Waals surface area contributed by atoms with Crippen LogP contribution in [0.1, 0.15) is 23.2 Å². The van der Waals surface area contributed by atoms with Gasteiger partial charge >= 0.3 is 0 Å². The Hall–Kier alpha value is -0.900. The van der Waals surface area contributed by atoms with E-state index in [4.69, 9.17) is 0 Å². The molecule has 1 amide bonds. The minimum absolute atomic E-state index is 0.0837. The molecule has 0 unspecified atom stereocenters. The Morgan fingerprint density at radius 1 is 1.50 bits per heavy atom. The Morgan fingerprint density at radius 2 is 2.12 bits per heavy atom. The number of rotatable bonds is 3. The van der Waals surface area contributed by atoms with Gasteiger partial charge in [0.05, 0.1) is 0 Å². The van der Waals surface area contributed by atoms with Crippen LogP contribution in [0.4, 0.5) is 0 Å². The van der Waals surface area contributed by atoms with Gasteiger partial charge in [0, 0.05) is 36.4 Å². The highest BCUT2D eigenvalue weighted by Crippen LogP contribution is 2.33. The molecule has 0 radical (unpaired) electrons. The van der Waals surface area contributed by atoms with Crippen LogP contribution in [0.25, 0.3) is 0 Å². The molecule has 0 bridgehead atoms. The van der Waals surface area contributed by atoms with E-state index in [2.05, 4.69) is 20.9 Å². The molecule has 16 heavy (non-hydrogen) atoms. The molecule has 0 saturated heterocycles. The molecule has 1 aliphatic carbocycles. The number of hydrogen-bond donors (Lipinski definition) is 0. The lowest BCUT2D eigenvalue weighted by Crippen LogP contribution is -2.37. The van der Waals surface area contributed by atoms with E-state index < -0.39 is 0 Å². The summed E-state index contributed by atoms with van der Waals surface area (Å²) in [6, 6.07) is 3.51. The number of halogens is 1. The fourth-order valence-corrected chi connectivity index (χ4v) is 3.05. The third kappa shape index (κ3) is 2.61. The van der Waals surface area contributed by atoms with Crippen LogP contribution in [0.15, 0.2) is 24.5 Å². The van der Waals surface area contributed by atoms with E-state index in [0.29, 0.717) is 16.3 Å². The Bertz CT molecular complexity index is 363. The van der Waals surface area contributed by atoms with Crippen molar-refractivity contribution in [3.63, 3.8) is 0 Å². The van der Waals surface area contributed by atoms with E-state index in [1.54, 1.807) is 29.4 Å². The van der Waals surface area contributed by atoms with Crippen molar-refractivity contribution in [2.24, 2.45) is 5.92 Å². The molecule has 1 fully saturated rings. The largest absolute Gasteiger partial charge is 0.341 e. The maximum Gasteiger partial charge on any atom is 0.253 e. The third-order valence-electron chi connectivity index (χ3n) is 2.98. The van der Waals surface area contributed by atoms with Gasteiger partial charge in [0.1, 0.15) is 0 Å². The topological polar surface area (TPSA) is 33.2 Å². The number of nitrogens with zero attached hydrogens (tertiary/aromatic N) is 2. The second-order valence-electron chi connectivity index (χ2n) is 4.36. The Morgan fingerprint density at radius 3 is 2.69 bits per heavy atom. The van der Waals surface area contributed by atoms with E-state index in [1.807, 2.05) is 7.05 Å². The minimum Gasteiger partial charge on any atom is -0.341 e. The van der Waals surface area contributed by atoms with Crippen molar-refractivity contribution in [2.75, 3.05) is 13.6 Å². The molecule has 1 aliphatic rings. The molecular formula is C12H15BrN2O. The van der Waals surface area contributed by atoms with Crippen molar-refractivity contribution >= 4 is 21.8 Å². The van der Waals surface area contributed by atoms with Gasteiger partial charge in [-0.1, -0.05) is 15.9 Å². The Kier molecular flexibility index (Phi) is 3.59. The van der Waals surface area contributed by atoms with E-state index >= 15 is 0 Å². The van der Waals surface area contributed by atoms with Crippen LogP contribution in [-0.2, 0) is 0 Å². The summed E-state index contributed by atoms with van der Waals surface area (Å²) < 4.78 is 0. The molecule has 86 valence electrons. The molecule has 0 atom stereocenters. The van der Waals surface area contributed by atoms with Gasteiger partial charge in [0.2, 0.25) is 0 Å². The van der Waals surface area contributed by atoms with Crippen LogP contribution in [0.2, 0.25) is 0 Å². The maximum absolute atomic E-state index is 12.0. The van der Waals surface area contributed by atoms with E-state index in [0.717, 1.165) is 6.54 Å². The Balaban J connectivity index is 1.90. The van der Waals surface area contributed by atoms with Gasteiger partial charge in [-0.3, -0.25) is 9.78 Å². The highest BCUT2D eigenvalue weighted by atomic mass is 79.9. The van der Waals surface area contributed by atoms with Gasteiger partial charge < -0.3 is 4.90 Å². The van der Waals surface area contributed by atoms with Gasteiger partial charge in [-0.25, -0.2) is 0 Å². The summed E-state index contributed by atoms with van der Waals surface area (Å²) >= 11 is 3.56. The third-order valence-corrected chi connectivity index (χ3v) is 3.73. The molecule has 1 saturated carbocycles. The molecule has 0 spiro atoms. The van der Waals surface area contributed by atoms with E-state index in [9.17, 15) is 4.79 Å². The second kappa shape index (κ2) is 4.95. The van der Waals surface area contributed by atoms with Crippen LogP contribution >= 0.6 is 15.9 Å². The number of alkyl halides is 1. The summed E-state index contributed by atoms with van der Waals surface area (Å²) in [6.07, 6.45) is 5.65. The Labute approximate surface area is 104 Å². The average molecular weight is 283 g/mol. The molecule has 1 aromatic heterocycles. The number of pyridine rings is 1. The fraction of sp³-hybridized carbons (Fsp3) is 0.500. The van der Waals surface area contributed by atoms with Crippen molar-refractivity contribution in [1.29, 1.82) is 0 Å². The van der Waals surface area contributed by atoms with Crippen molar-refractivity contribution in [3.8, 4) is 0 Å². The van der Waals surface area contributed by atoms with Crippen molar-refractivity contribution in [3.05, 3.63) is 30.1 Å².